The number of hydrogen-bond acceptors (Lipinski definition) is 5. The fourth-order valence-electron chi connectivity index (χ4n) is 0.271. The summed E-state index contributed by atoms with van der Waals surface area (Å²) in [4.78, 5) is 10.2. The number of rotatable bonds is 3. The Hall–Kier alpha value is 0.120. The van der Waals surface area contributed by atoms with E-state index in [0.29, 0.717) is 0 Å². The molecular formula is C4H5NaO5S. The molecule has 5 nitrogen and oxygen atoms in total. The van der Waals surface area contributed by atoms with Crippen LogP contribution in [0, 0.1) is 0 Å². The fourth-order valence-corrected chi connectivity index (χ4v) is 0.628. The van der Waals surface area contributed by atoms with Crippen molar-refractivity contribution in [1.29, 1.82) is 0 Å². The summed E-state index contributed by atoms with van der Waals surface area (Å²) in [5.74, 6) is -2.27. The second-order valence-electron chi connectivity index (χ2n) is 1.36. The Kier molecular flexibility index (Phi) is 7.13. The molecule has 0 atom stereocenters. The third kappa shape index (κ3) is 10.1. The van der Waals surface area contributed by atoms with E-state index in [-0.39, 0.29) is 29.6 Å². The van der Waals surface area contributed by atoms with Crippen molar-refractivity contribution in [3.05, 3.63) is 12.8 Å². The summed E-state index contributed by atoms with van der Waals surface area (Å²) in [5, 5.41) is 0. The third-order valence-electron chi connectivity index (χ3n) is 0.509. The second kappa shape index (κ2) is 5.73. The normalized spacial score (nSPS) is 9.55. The fraction of sp³-hybridized carbons (Fsp3) is 0.250. The van der Waals surface area contributed by atoms with E-state index in [2.05, 4.69) is 11.3 Å². The summed E-state index contributed by atoms with van der Waals surface area (Å²) in [6.07, 6.45) is 0.757. The van der Waals surface area contributed by atoms with E-state index in [1.165, 1.54) is 0 Å². The third-order valence-corrected chi connectivity index (χ3v) is 1.10. The van der Waals surface area contributed by atoms with Gasteiger partial charge in [-0.25, -0.2) is 8.42 Å². The van der Waals surface area contributed by atoms with Gasteiger partial charge in [-0.15, -0.1) is 0 Å². The van der Waals surface area contributed by atoms with Crippen molar-refractivity contribution in [3.63, 3.8) is 0 Å². The quantitative estimate of drug-likeness (QED) is 0.196. The summed E-state index contributed by atoms with van der Waals surface area (Å²) in [6.45, 7) is 2.99. The minimum absolute atomic E-state index is 0. The molecule has 7 heteroatoms. The molecule has 0 saturated heterocycles. The van der Waals surface area contributed by atoms with Crippen LogP contribution in [0.15, 0.2) is 12.8 Å². The number of carbonyl (C=O) groups excluding carboxylic acids is 1. The Bertz CT molecular complexity index is 231. The Labute approximate surface area is 86.5 Å². The number of ether oxygens (including phenoxy) is 1. The van der Waals surface area contributed by atoms with Crippen molar-refractivity contribution in [3.8, 4) is 0 Å². The van der Waals surface area contributed by atoms with Crippen LogP contribution in [0.4, 0.5) is 0 Å². The van der Waals surface area contributed by atoms with Crippen LogP contribution < -0.4 is 29.6 Å². The van der Waals surface area contributed by atoms with E-state index in [1.54, 1.807) is 0 Å². The number of hydrogen-bond donors (Lipinski definition) is 0. The molecule has 0 spiro atoms. The largest absolute Gasteiger partial charge is 1.00 e. The zero-order chi connectivity index (χ0) is 8.20. The molecule has 0 aliphatic heterocycles. The van der Waals surface area contributed by atoms with E-state index in [0.717, 1.165) is 6.26 Å². The molecule has 0 aliphatic carbocycles. The van der Waals surface area contributed by atoms with Gasteiger partial charge in [-0.3, -0.25) is 4.79 Å². The Morgan fingerprint density at radius 2 is 2.09 bits per heavy atom. The first-order chi connectivity index (χ1) is 4.45. The second-order valence-corrected chi connectivity index (χ2v) is 2.76. The number of esters is 1. The predicted octanol–water partition coefficient (Wildman–Crippen LogP) is -3.78. The molecule has 0 aliphatic rings. The van der Waals surface area contributed by atoms with Crippen LogP contribution in [0.2, 0.25) is 0 Å². The molecule has 0 radical (unpaired) electrons. The van der Waals surface area contributed by atoms with Crippen molar-refractivity contribution in [2.45, 2.75) is 0 Å². The van der Waals surface area contributed by atoms with E-state index < -0.39 is 21.8 Å². The van der Waals surface area contributed by atoms with Crippen molar-refractivity contribution in [2.75, 3.05) is 5.75 Å². The first-order valence-corrected chi connectivity index (χ1v) is 3.77. The van der Waals surface area contributed by atoms with Crippen LogP contribution in [0.5, 0.6) is 0 Å². The van der Waals surface area contributed by atoms with Crippen LogP contribution in [-0.4, -0.2) is 24.7 Å². The van der Waals surface area contributed by atoms with Crippen LogP contribution in [0.3, 0.4) is 0 Å². The molecule has 0 amide bonds. The molecular weight excluding hydrogens is 183 g/mol. The van der Waals surface area contributed by atoms with E-state index >= 15 is 0 Å². The SMILES string of the molecule is C=COC(=O)CS(=O)(=O)[O-].[Na+]. The van der Waals surface area contributed by atoms with Gasteiger partial charge in [-0.2, -0.15) is 0 Å². The average Bonchev–Trinajstić information content (AvgIpc) is 1.59. The van der Waals surface area contributed by atoms with Gasteiger partial charge in [0.2, 0.25) is 0 Å². The average molecular weight is 188 g/mol. The maximum Gasteiger partial charge on any atom is 1.00 e. The van der Waals surface area contributed by atoms with Crippen LogP contribution in [-0.2, 0) is 19.6 Å². The molecule has 0 aromatic carbocycles. The van der Waals surface area contributed by atoms with E-state index in [1.807, 2.05) is 0 Å². The molecule has 0 fully saturated rings. The van der Waals surface area contributed by atoms with Gasteiger partial charge in [0.25, 0.3) is 0 Å². The molecule has 0 aromatic heterocycles. The number of carbonyl (C=O) groups is 1. The first-order valence-electron chi connectivity index (χ1n) is 2.19. The standard InChI is InChI=1S/C4H6O5S.Na/c1-2-9-4(5)3-10(6,7)8;/h2H,1,3H2,(H,6,7,8);/q;+1/p-1. The smallest absolute Gasteiger partial charge is 0.748 e. The maximum atomic E-state index is 10.2. The van der Waals surface area contributed by atoms with Gasteiger partial charge < -0.3 is 9.29 Å². The van der Waals surface area contributed by atoms with Gasteiger partial charge in [0.05, 0.1) is 6.26 Å². The first kappa shape index (κ1) is 13.7. The Balaban J connectivity index is 0. The van der Waals surface area contributed by atoms with Gasteiger partial charge >= 0.3 is 35.5 Å². The van der Waals surface area contributed by atoms with E-state index in [4.69, 9.17) is 0 Å². The Morgan fingerprint density at radius 1 is 1.64 bits per heavy atom. The van der Waals surface area contributed by atoms with Crippen molar-refractivity contribution in [1.82, 2.24) is 0 Å². The maximum absolute atomic E-state index is 10.2. The minimum atomic E-state index is -4.52. The zero-order valence-electron chi connectivity index (χ0n) is 5.94. The van der Waals surface area contributed by atoms with Crippen LogP contribution in [0.25, 0.3) is 0 Å². The molecule has 0 heterocycles. The van der Waals surface area contributed by atoms with Crippen molar-refractivity contribution < 1.29 is 52.1 Å². The summed E-state index contributed by atoms with van der Waals surface area (Å²) in [5.41, 5.74) is 0. The summed E-state index contributed by atoms with van der Waals surface area (Å²) >= 11 is 0. The molecule has 0 rings (SSSR count). The summed E-state index contributed by atoms with van der Waals surface area (Å²) in [6, 6.07) is 0. The molecule has 0 N–H and O–H groups in total. The molecule has 0 aromatic rings. The van der Waals surface area contributed by atoms with E-state index in [9.17, 15) is 17.8 Å². The molecule has 0 saturated carbocycles. The molecule has 11 heavy (non-hydrogen) atoms. The predicted molar refractivity (Wildman–Crippen MR) is 30.9 cm³/mol. The van der Waals surface area contributed by atoms with Gasteiger partial charge in [0.1, 0.15) is 15.9 Å². The van der Waals surface area contributed by atoms with Gasteiger partial charge in [0, 0.05) is 0 Å². The summed E-state index contributed by atoms with van der Waals surface area (Å²) in [7, 11) is -4.52. The Morgan fingerprint density at radius 3 is 2.36 bits per heavy atom. The van der Waals surface area contributed by atoms with Crippen molar-refractivity contribution in [2.24, 2.45) is 0 Å². The summed E-state index contributed by atoms with van der Waals surface area (Å²) < 4.78 is 33.4. The van der Waals surface area contributed by atoms with Crippen molar-refractivity contribution >= 4 is 16.1 Å². The van der Waals surface area contributed by atoms with Crippen LogP contribution in [0.1, 0.15) is 0 Å². The topological polar surface area (TPSA) is 83.5 Å². The molecule has 0 bridgehead atoms. The van der Waals surface area contributed by atoms with Gasteiger partial charge in [0.15, 0.2) is 0 Å². The minimum Gasteiger partial charge on any atom is -0.748 e. The van der Waals surface area contributed by atoms with Crippen LogP contribution >= 0.6 is 0 Å². The van der Waals surface area contributed by atoms with Gasteiger partial charge in [-0.05, 0) is 0 Å². The monoisotopic (exact) mass is 188 g/mol. The molecule has 0 unspecified atom stereocenters. The van der Waals surface area contributed by atoms with Gasteiger partial charge in [-0.1, -0.05) is 6.58 Å². The zero-order valence-corrected chi connectivity index (χ0v) is 8.76. The molecule has 58 valence electrons.